The Hall–Kier alpha value is -1.15. The minimum absolute atomic E-state index is 0.00417. The van der Waals surface area contributed by atoms with Crippen molar-refractivity contribution in [2.45, 2.75) is 20.8 Å². The van der Waals surface area contributed by atoms with Gasteiger partial charge in [-0.05, 0) is 5.41 Å². The minimum Gasteiger partial charge on any atom is -0.389 e. The van der Waals surface area contributed by atoms with Crippen LogP contribution >= 0.6 is 12.2 Å². The van der Waals surface area contributed by atoms with Crippen LogP contribution in [0.25, 0.3) is 0 Å². The van der Waals surface area contributed by atoms with Crippen molar-refractivity contribution in [3.05, 3.63) is 11.8 Å². The molecule has 4 N–H and O–H groups in total. The van der Waals surface area contributed by atoms with Crippen molar-refractivity contribution < 1.29 is 8.42 Å². The van der Waals surface area contributed by atoms with Gasteiger partial charge in [-0.2, -0.15) is 5.10 Å². The molecule has 1 rings (SSSR count). The molecular weight excluding hydrogens is 260 g/mol. The van der Waals surface area contributed by atoms with Crippen LogP contribution in [0.1, 0.15) is 26.3 Å². The number of nitrogens with one attached hydrogen (secondary N) is 2. The van der Waals surface area contributed by atoms with Crippen molar-refractivity contribution in [1.82, 2.24) is 10.2 Å². The van der Waals surface area contributed by atoms with Crippen LogP contribution in [0.3, 0.4) is 0 Å². The van der Waals surface area contributed by atoms with E-state index in [0.29, 0.717) is 5.56 Å². The van der Waals surface area contributed by atoms with Gasteiger partial charge in [0.1, 0.15) is 10.8 Å². The first kappa shape index (κ1) is 13.9. The largest absolute Gasteiger partial charge is 0.389 e. The maximum absolute atomic E-state index is 11.8. The predicted octanol–water partition coefficient (Wildman–Crippen LogP) is 0.832. The molecule has 0 aliphatic carbocycles. The zero-order chi connectivity index (χ0) is 13.3. The summed E-state index contributed by atoms with van der Waals surface area (Å²) in [6, 6.07) is 0. The predicted molar refractivity (Wildman–Crippen MR) is 71.3 cm³/mol. The van der Waals surface area contributed by atoms with E-state index in [1.165, 1.54) is 6.20 Å². The highest BCUT2D eigenvalue weighted by Crippen LogP contribution is 2.19. The van der Waals surface area contributed by atoms with Gasteiger partial charge >= 0.3 is 0 Å². The number of nitrogens with zero attached hydrogens (tertiary/aromatic N) is 1. The summed E-state index contributed by atoms with van der Waals surface area (Å²) >= 11 is 4.79. The number of sulfonamides is 1. The Bertz CT molecular complexity index is 513. The van der Waals surface area contributed by atoms with Gasteiger partial charge in [-0.1, -0.05) is 33.0 Å². The van der Waals surface area contributed by atoms with Gasteiger partial charge in [-0.25, -0.2) is 8.42 Å². The first-order chi connectivity index (χ1) is 7.61. The average molecular weight is 276 g/mol. The summed E-state index contributed by atoms with van der Waals surface area (Å²) in [6.45, 7) is 5.52. The molecule has 17 heavy (non-hydrogen) atoms. The van der Waals surface area contributed by atoms with E-state index in [-0.39, 0.29) is 22.0 Å². The van der Waals surface area contributed by atoms with Crippen LogP contribution < -0.4 is 10.5 Å². The van der Waals surface area contributed by atoms with Gasteiger partial charge in [0.25, 0.3) is 0 Å². The van der Waals surface area contributed by atoms with Crippen molar-refractivity contribution in [3.8, 4) is 0 Å². The molecule has 0 aliphatic rings. The summed E-state index contributed by atoms with van der Waals surface area (Å²) in [6.07, 6.45) is 1.39. The van der Waals surface area contributed by atoms with Crippen LogP contribution in [-0.2, 0) is 10.0 Å². The Morgan fingerprint density at radius 2 is 2.18 bits per heavy atom. The first-order valence-electron chi connectivity index (χ1n) is 4.94. The molecule has 0 atom stereocenters. The van der Waals surface area contributed by atoms with Gasteiger partial charge in [0, 0.05) is 0 Å². The quantitative estimate of drug-likeness (QED) is 0.707. The van der Waals surface area contributed by atoms with Crippen molar-refractivity contribution >= 4 is 33.0 Å². The van der Waals surface area contributed by atoms with Crippen molar-refractivity contribution in [1.29, 1.82) is 0 Å². The fraction of sp³-hybridized carbons (Fsp3) is 0.556. The van der Waals surface area contributed by atoms with Crippen LogP contribution in [-0.4, -0.2) is 29.4 Å². The van der Waals surface area contributed by atoms with Gasteiger partial charge in [-0.15, -0.1) is 0 Å². The molecule has 0 aliphatic heterocycles. The summed E-state index contributed by atoms with van der Waals surface area (Å²) in [4.78, 5) is 0.0900. The molecule has 0 fully saturated rings. The fourth-order valence-corrected chi connectivity index (χ4v) is 3.15. The average Bonchev–Trinajstić information content (AvgIpc) is 2.45. The summed E-state index contributed by atoms with van der Waals surface area (Å²) in [5.41, 5.74) is 5.49. The van der Waals surface area contributed by atoms with Crippen molar-refractivity contribution in [2.24, 2.45) is 11.1 Å². The van der Waals surface area contributed by atoms with Crippen molar-refractivity contribution in [2.75, 3.05) is 10.5 Å². The lowest BCUT2D eigenvalue weighted by Gasteiger charge is -2.18. The molecule has 1 aromatic rings. The van der Waals surface area contributed by atoms with Crippen LogP contribution in [0.2, 0.25) is 0 Å². The number of nitrogens with two attached hydrogens (primary N) is 1. The Kier molecular flexibility index (Phi) is 3.78. The number of H-pyrrole nitrogens is 1. The van der Waals surface area contributed by atoms with E-state index in [0.717, 1.165) is 0 Å². The SMILES string of the molecule is CC(C)(C)CS(=O)(=O)Nc1[nH]ncc1C(N)=S. The number of hydrogen-bond acceptors (Lipinski definition) is 4. The summed E-state index contributed by atoms with van der Waals surface area (Å²) in [5.74, 6) is 0.206. The molecule has 96 valence electrons. The van der Waals surface area contributed by atoms with Crippen LogP contribution in [0.5, 0.6) is 0 Å². The smallest absolute Gasteiger partial charge is 0.234 e. The van der Waals surface area contributed by atoms with Crippen LogP contribution in [0.15, 0.2) is 6.20 Å². The molecule has 0 spiro atoms. The van der Waals surface area contributed by atoms with E-state index in [2.05, 4.69) is 14.9 Å². The second-order valence-electron chi connectivity index (χ2n) is 4.94. The molecular formula is C9H16N4O2S2. The molecule has 1 aromatic heterocycles. The van der Waals surface area contributed by atoms with Crippen LogP contribution in [0.4, 0.5) is 5.82 Å². The number of hydrogen-bond donors (Lipinski definition) is 3. The monoisotopic (exact) mass is 276 g/mol. The van der Waals surface area contributed by atoms with Crippen molar-refractivity contribution in [3.63, 3.8) is 0 Å². The Morgan fingerprint density at radius 3 is 2.65 bits per heavy atom. The number of thiocarbonyl (C=S) groups is 1. The lowest BCUT2D eigenvalue weighted by Crippen LogP contribution is -2.27. The highest BCUT2D eigenvalue weighted by atomic mass is 32.2. The highest BCUT2D eigenvalue weighted by molar-refractivity contribution is 7.92. The third-order valence-corrected chi connectivity index (χ3v) is 3.77. The Labute approximate surface area is 106 Å². The molecule has 6 nitrogen and oxygen atoms in total. The number of aromatic amines is 1. The molecule has 0 bridgehead atoms. The number of rotatable bonds is 4. The molecule has 0 aromatic carbocycles. The highest BCUT2D eigenvalue weighted by Gasteiger charge is 2.23. The topological polar surface area (TPSA) is 101 Å². The van der Waals surface area contributed by atoms with Gasteiger partial charge in [0.15, 0.2) is 0 Å². The zero-order valence-corrected chi connectivity index (χ0v) is 11.6. The third kappa shape index (κ3) is 4.31. The van der Waals surface area contributed by atoms with Gasteiger partial charge in [0.2, 0.25) is 10.0 Å². The van der Waals surface area contributed by atoms with E-state index in [1.807, 2.05) is 20.8 Å². The molecule has 0 saturated carbocycles. The van der Waals surface area contributed by atoms with Gasteiger partial charge < -0.3 is 5.73 Å². The maximum Gasteiger partial charge on any atom is 0.234 e. The lowest BCUT2D eigenvalue weighted by atomic mass is 10.0. The Morgan fingerprint density at radius 1 is 1.59 bits per heavy atom. The maximum atomic E-state index is 11.8. The number of aromatic nitrogens is 2. The molecule has 0 saturated heterocycles. The second-order valence-corrected chi connectivity index (χ2v) is 7.11. The summed E-state index contributed by atoms with van der Waals surface area (Å²) in [7, 11) is -3.45. The number of anilines is 1. The van der Waals surface area contributed by atoms with Gasteiger partial charge in [0.05, 0.1) is 17.5 Å². The molecule has 0 unspecified atom stereocenters. The first-order valence-corrected chi connectivity index (χ1v) is 7.00. The fourth-order valence-electron chi connectivity index (χ4n) is 1.31. The van der Waals surface area contributed by atoms with Crippen LogP contribution in [0, 0.1) is 5.41 Å². The van der Waals surface area contributed by atoms with E-state index in [9.17, 15) is 8.42 Å². The molecule has 1 heterocycles. The minimum atomic E-state index is -3.45. The third-order valence-electron chi connectivity index (χ3n) is 1.79. The second kappa shape index (κ2) is 4.61. The van der Waals surface area contributed by atoms with Gasteiger partial charge in [-0.3, -0.25) is 9.82 Å². The molecule has 0 radical (unpaired) electrons. The van der Waals surface area contributed by atoms with E-state index >= 15 is 0 Å². The Balaban J connectivity index is 2.91. The summed E-state index contributed by atoms with van der Waals surface area (Å²) in [5, 5.41) is 6.23. The van der Waals surface area contributed by atoms with E-state index in [1.54, 1.807) is 0 Å². The lowest BCUT2D eigenvalue weighted by molar-refractivity contribution is 0.463. The zero-order valence-electron chi connectivity index (χ0n) is 9.94. The van der Waals surface area contributed by atoms with E-state index in [4.69, 9.17) is 18.0 Å². The summed E-state index contributed by atoms with van der Waals surface area (Å²) < 4.78 is 26.1. The molecule has 0 amide bonds. The normalized spacial score (nSPS) is 12.4. The standard InChI is InChI=1S/C9H16N4O2S2/c1-9(2,3)5-17(14,15)13-8-6(7(10)16)4-11-12-8/h4H,5H2,1-3H3,(H2,10,16)(H2,11,12,13). The van der Waals surface area contributed by atoms with E-state index < -0.39 is 10.0 Å². The molecule has 8 heteroatoms.